The molecule has 1 aromatic carbocycles. The number of halogens is 1. The Morgan fingerprint density at radius 3 is 2.42 bits per heavy atom. The summed E-state index contributed by atoms with van der Waals surface area (Å²) in [6, 6.07) is 6.66. The summed E-state index contributed by atoms with van der Waals surface area (Å²) < 4.78 is 25.2. The smallest absolute Gasteiger partial charge is 0.240 e. The summed E-state index contributed by atoms with van der Waals surface area (Å²) in [5.41, 5.74) is 0.401. The fourth-order valence-electron chi connectivity index (χ4n) is 3.04. The first-order valence-electron chi connectivity index (χ1n) is 8.39. The van der Waals surface area contributed by atoms with Crippen LogP contribution in [-0.4, -0.2) is 33.2 Å². The highest BCUT2D eigenvalue weighted by Gasteiger charge is 2.22. The Kier molecular flexibility index (Phi) is 6.92. The van der Waals surface area contributed by atoms with Gasteiger partial charge in [-0.15, -0.1) is 0 Å². The van der Waals surface area contributed by atoms with Crippen LogP contribution in [0.4, 0.5) is 5.69 Å². The van der Waals surface area contributed by atoms with Crippen molar-refractivity contribution in [3.05, 3.63) is 29.3 Å². The highest BCUT2D eigenvalue weighted by atomic mass is 35.5. The minimum absolute atomic E-state index is 0.138. The molecule has 5 nitrogen and oxygen atoms in total. The summed E-state index contributed by atoms with van der Waals surface area (Å²) >= 11 is 5.94. The normalized spacial score (nSPS) is 16.9. The van der Waals surface area contributed by atoms with E-state index in [0.29, 0.717) is 10.7 Å². The average molecular weight is 373 g/mol. The molecule has 0 radical (unpaired) electrons. The first-order chi connectivity index (χ1) is 11.4. The molecule has 1 aromatic rings. The fourth-order valence-corrected chi connectivity index (χ4v) is 4.07. The van der Waals surface area contributed by atoms with Crippen molar-refractivity contribution in [1.29, 1.82) is 0 Å². The highest BCUT2D eigenvalue weighted by Crippen LogP contribution is 2.22. The highest BCUT2D eigenvalue weighted by molar-refractivity contribution is 7.92. The maximum Gasteiger partial charge on any atom is 0.240 e. The molecule has 0 saturated heterocycles. The van der Waals surface area contributed by atoms with Crippen molar-refractivity contribution in [2.24, 2.45) is 0 Å². The van der Waals surface area contributed by atoms with Gasteiger partial charge >= 0.3 is 0 Å². The SMILES string of the molecule is CS(=O)(=O)N(CC(=O)NC1CCCCCCC1)c1cccc(Cl)c1. The summed E-state index contributed by atoms with van der Waals surface area (Å²) in [5.74, 6) is -0.272. The molecule has 7 heteroatoms. The average Bonchev–Trinajstić information content (AvgIpc) is 2.46. The number of sulfonamides is 1. The zero-order valence-electron chi connectivity index (χ0n) is 14.0. The topological polar surface area (TPSA) is 66.5 Å². The molecule has 2 rings (SSSR count). The summed E-state index contributed by atoms with van der Waals surface area (Å²) in [5, 5.41) is 3.43. The maximum atomic E-state index is 12.4. The zero-order chi connectivity index (χ0) is 17.6. The van der Waals surface area contributed by atoms with E-state index in [1.54, 1.807) is 24.3 Å². The second kappa shape index (κ2) is 8.72. The van der Waals surface area contributed by atoms with Crippen LogP contribution in [0.5, 0.6) is 0 Å². The van der Waals surface area contributed by atoms with Gasteiger partial charge in [-0.25, -0.2) is 8.42 Å². The number of anilines is 1. The summed E-state index contributed by atoms with van der Waals surface area (Å²) in [7, 11) is -3.57. The van der Waals surface area contributed by atoms with Crippen LogP contribution in [0.1, 0.15) is 44.9 Å². The largest absolute Gasteiger partial charge is 0.352 e. The number of nitrogens with zero attached hydrogens (tertiary/aromatic N) is 1. The molecular weight excluding hydrogens is 348 g/mol. The zero-order valence-corrected chi connectivity index (χ0v) is 15.6. The number of rotatable bonds is 5. The summed E-state index contributed by atoms with van der Waals surface area (Å²) in [4.78, 5) is 12.4. The molecule has 0 aromatic heterocycles. The van der Waals surface area contributed by atoms with E-state index in [1.165, 1.54) is 19.3 Å². The van der Waals surface area contributed by atoms with Gasteiger partial charge in [0.2, 0.25) is 15.9 Å². The van der Waals surface area contributed by atoms with Crippen molar-refractivity contribution in [3.63, 3.8) is 0 Å². The van der Waals surface area contributed by atoms with Crippen LogP contribution >= 0.6 is 11.6 Å². The van der Waals surface area contributed by atoms with Crippen LogP contribution in [0.3, 0.4) is 0 Å². The molecule has 24 heavy (non-hydrogen) atoms. The van der Waals surface area contributed by atoms with Gasteiger partial charge < -0.3 is 5.32 Å². The van der Waals surface area contributed by atoms with Crippen LogP contribution < -0.4 is 9.62 Å². The number of hydrogen-bond donors (Lipinski definition) is 1. The van der Waals surface area contributed by atoms with Crippen molar-refractivity contribution >= 4 is 33.2 Å². The molecule has 0 heterocycles. The Balaban J connectivity index is 2.04. The Labute approximate surface area is 149 Å². The molecular formula is C17H25ClN2O3S. The van der Waals surface area contributed by atoms with Gasteiger partial charge in [0.1, 0.15) is 6.54 Å². The third kappa shape index (κ3) is 5.98. The lowest BCUT2D eigenvalue weighted by Gasteiger charge is -2.25. The van der Waals surface area contributed by atoms with E-state index >= 15 is 0 Å². The molecule has 134 valence electrons. The Bertz CT molecular complexity index is 656. The summed E-state index contributed by atoms with van der Waals surface area (Å²) in [6.45, 7) is -0.227. The third-order valence-corrected chi connectivity index (χ3v) is 5.63. The standard InChI is InChI=1S/C17H25ClN2O3S/c1-24(22,23)20(16-11-7-8-14(18)12-16)13-17(21)19-15-9-5-3-2-4-6-10-15/h7-8,11-12,15H,2-6,9-10,13H2,1H3,(H,19,21). The van der Waals surface area contributed by atoms with Crippen LogP contribution in [-0.2, 0) is 14.8 Å². The van der Waals surface area contributed by atoms with Crippen LogP contribution in [0, 0.1) is 0 Å². The van der Waals surface area contributed by atoms with Gasteiger partial charge in [-0.3, -0.25) is 9.10 Å². The number of nitrogens with one attached hydrogen (secondary N) is 1. The minimum Gasteiger partial charge on any atom is -0.352 e. The molecule has 1 fully saturated rings. The van der Waals surface area contributed by atoms with Crippen molar-refractivity contribution in [2.45, 2.75) is 51.0 Å². The molecule has 0 bridgehead atoms. The van der Waals surface area contributed by atoms with Crippen molar-refractivity contribution < 1.29 is 13.2 Å². The lowest BCUT2D eigenvalue weighted by molar-refractivity contribution is -0.120. The van der Waals surface area contributed by atoms with Gasteiger partial charge in [0, 0.05) is 11.1 Å². The molecule has 1 amide bonds. The number of carbonyl (C=O) groups excluding carboxylic acids is 1. The number of carbonyl (C=O) groups is 1. The number of hydrogen-bond acceptors (Lipinski definition) is 3. The maximum absolute atomic E-state index is 12.4. The quantitative estimate of drug-likeness (QED) is 0.861. The van der Waals surface area contributed by atoms with Gasteiger partial charge in [-0.1, -0.05) is 49.8 Å². The van der Waals surface area contributed by atoms with Gasteiger partial charge in [-0.2, -0.15) is 0 Å². The second-order valence-electron chi connectivity index (χ2n) is 6.36. The van der Waals surface area contributed by atoms with Crippen molar-refractivity contribution in [2.75, 3.05) is 17.1 Å². The van der Waals surface area contributed by atoms with Gasteiger partial charge in [-0.05, 0) is 31.0 Å². The van der Waals surface area contributed by atoms with Gasteiger partial charge in [0.05, 0.1) is 11.9 Å². The number of benzene rings is 1. The van der Waals surface area contributed by atoms with E-state index in [9.17, 15) is 13.2 Å². The first-order valence-corrected chi connectivity index (χ1v) is 10.6. The minimum atomic E-state index is -3.57. The Morgan fingerprint density at radius 1 is 1.21 bits per heavy atom. The lowest BCUT2D eigenvalue weighted by atomic mass is 9.97. The monoisotopic (exact) mass is 372 g/mol. The predicted octanol–water partition coefficient (Wildman–Crippen LogP) is 3.34. The Hall–Kier alpha value is -1.27. The van der Waals surface area contributed by atoms with Crippen LogP contribution in [0.25, 0.3) is 0 Å². The van der Waals surface area contributed by atoms with Gasteiger partial charge in [0.25, 0.3) is 0 Å². The van der Waals surface area contributed by atoms with Crippen LogP contribution in [0.15, 0.2) is 24.3 Å². The molecule has 0 spiro atoms. The molecule has 0 atom stereocenters. The molecule has 0 unspecified atom stereocenters. The molecule has 1 N–H and O–H groups in total. The lowest BCUT2D eigenvalue weighted by Crippen LogP contribution is -2.44. The van der Waals surface area contributed by atoms with E-state index in [-0.39, 0.29) is 18.5 Å². The molecule has 0 aliphatic heterocycles. The molecule has 1 aliphatic rings. The van der Waals surface area contributed by atoms with E-state index < -0.39 is 10.0 Å². The third-order valence-electron chi connectivity index (χ3n) is 4.25. The van der Waals surface area contributed by atoms with Crippen molar-refractivity contribution in [1.82, 2.24) is 5.32 Å². The summed E-state index contributed by atoms with van der Waals surface area (Å²) in [6.07, 6.45) is 8.89. The first kappa shape index (κ1) is 19.1. The number of amides is 1. The van der Waals surface area contributed by atoms with E-state index in [1.807, 2.05) is 0 Å². The van der Waals surface area contributed by atoms with Gasteiger partial charge in [0.15, 0.2) is 0 Å². The van der Waals surface area contributed by atoms with E-state index in [4.69, 9.17) is 11.6 Å². The van der Waals surface area contributed by atoms with Crippen LogP contribution in [0.2, 0.25) is 5.02 Å². The predicted molar refractivity (Wildman–Crippen MR) is 97.9 cm³/mol. The van der Waals surface area contributed by atoms with Crippen molar-refractivity contribution in [3.8, 4) is 0 Å². The van der Waals surface area contributed by atoms with E-state index in [0.717, 1.165) is 36.2 Å². The Morgan fingerprint density at radius 2 is 1.83 bits per heavy atom. The molecule has 1 aliphatic carbocycles. The second-order valence-corrected chi connectivity index (χ2v) is 8.70. The molecule has 1 saturated carbocycles. The fraction of sp³-hybridized carbons (Fsp3) is 0.588. The van der Waals surface area contributed by atoms with E-state index in [2.05, 4.69) is 5.32 Å².